The Hall–Kier alpha value is -0.120. The number of methoxy groups -OCH3 is 1. The molecule has 1 saturated carbocycles. The monoisotopic (exact) mass is 229 g/mol. The van der Waals surface area contributed by atoms with Gasteiger partial charge in [-0.15, -0.1) is 0 Å². The third kappa shape index (κ3) is 5.28. The van der Waals surface area contributed by atoms with Crippen molar-refractivity contribution >= 4 is 0 Å². The highest BCUT2D eigenvalue weighted by Crippen LogP contribution is 2.25. The fourth-order valence-electron chi connectivity index (χ4n) is 2.55. The van der Waals surface area contributed by atoms with E-state index in [4.69, 9.17) is 4.74 Å². The minimum absolute atomic E-state index is 0.377. The molecule has 3 nitrogen and oxygen atoms in total. The second kappa shape index (κ2) is 8.04. The summed E-state index contributed by atoms with van der Waals surface area (Å²) in [4.78, 5) is 0. The van der Waals surface area contributed by atoms with Crippen molar-refractivity contribution in [1.29, 1.82) is 0 Å². The van der Waals surface area contributed by atoms with E-state index in [0.717, 1.165) is 5.92 Å². The predicted octanol–water partition coefficient (Wildman–Crippen LogP) is 1.94. The van der Waals surface area contributed by atoms with Crippen molar-refractivity contribution in [2.24, 2.45) is 5.92 Å². The molecule has 2 atom stereocenters. The van der Waals surface area contributed by atoms with E-state index in [-0.39, 0.29) is 6.10 Å². The van der Waals surface area contributed by atoms with E-state index in [1.807, 2.05) is 0 Å². The second-order valence-electron chi connectivity index (χ2n) is 5.06. The Kier molecular flexibility index (Phi) is 7.01. The first-order chi connectivity index (χ1) is 7.74. The molecular formula is C13H27NO2. The van der Waals surface area contributed by atoms with Crippen LogP contribution in [0.25, 0.3) is 0 Å². The molecule has 0 saturated heterocycles. The van der Waals surface area contributed by atoms with Crippen LogP contribution in [0.5, 0.6) is 0 Å². The lowest BCUT2D eigenvalue weighted by atomic mass is 9.93. The van der Waals surface area contributed by atoms with Gasteiger partial charge in [0.25, 0.3) is 0 Å². The minimum Gasteiger partial charge on any atom is -0.389 e. The van der Waals surface area contributed by atoms with Gasteiger partial charge in [0.1, 0.15) is 0 Å². The standard InChI is InChI=1S/C13H27NO2/c1-11(14-9-13(15)10-16-2)12-7-5-3-4-6-8-12/h11-15H,3-10H2,1-2H3/t11-,13?/m0/s1. The number of aliphatic hydroxyl groups excluding tert-OH is 1. The van der Waals surface area contributed by atoms with Gasteiger partial charge in [-0.1, -0.05) is 25.7 Å². The third-order valence-corrected chi connectivity index (χ3v) is 3.64. The number of rotatable bonds is 6. The molecule has 0 aromatic rings. The maximum atomic E-state index is 9.56. The Balaban J connectivity index is 2.19. The minimum atomic E-state index is -0.377. The number of hydrogen-bond donors (Lipinski definition) is 2. The van der Waals surface area contributed by atoms with E-state index in [2.05, 4.69) is 12.2 Å². The molecule has 0 bridgehead atoms. The molecule has 0 spiro atoms. The fraction of sp³-hybridized carbons (Fsp3) is 1.00. The summed E-state index contributed by atoms with van der Waals surface area (Å²) in [6.45, 7) is 3.31. The van der Waals surface area contributed by atoms with Crippen molar-refractivity contribution in [3.8, 4) is 0 Å². The molecule has 16 heavy (non-hydrogen) atoms. The van der Waals surface area contributed by atoms with Gasteiger partial charge in [-0.2, -0.15) is 0 Å². The van der Waals surface area contributed by atoms with Crippen LogP contribution < -0.4 is 5.32 Å². The van der Waals surface area contributed by atoms with Crippen LogP contribution in [0.15, 0.2) is 0 Å². The summed E-state index contributed by atoms with van der Waals surface area (Å²) in [5.74, 6) is 0.789. The SMILES string of the molecule is COCC(O)CN[C@@H](C)C1CCCCCC1. The van der Waals surface area contributed by atoms with Crippen molar-refractivity contribution in [1.82, 2.24) is 5.32 Å². The van der Waals surface area contributed by atoms with Crippen LogP contribution in [0.2, 0.25) is 0 Å². The highest BCUT2D eigenvalue weighted by molar-refractivity contribution is 4.76. The molecule has 1 rings (SSSR count). The lowest BCUT2D eigenvalue weighted by Crippen LogP contribution is -2.39. The molecule has 1 fully saturated rings. The Morgan fingerprint density at radius 2 is 1.88 bits per heavy atom. The number of ether oxygens (including phenoxy) is 1. The molecule has 1 aliphatic rings. The van der Waals surface area contributed by atoms with Crippen LogP contribution in [0, 0.1) is 5.92 Å². The molecule has 96 valence electrons. The molecule has 1 unspecified atom stereocenters. The molecule has 0 radical (unpaired) electrons. The van der Waals surface area contributed by atoms with Gasteiger partial charge in [0.05, 0.1) is 12.7 Å². The molecular weight excluding hydrogens is 202 g/mol. The first-order valence-electron chi connectivity index (χ1n) is 6.64. The van der Waals surface area contributed by atoms with Crippen molar-refractivity contribution in [3.63, 3.8) is 0 Å². The molecule has 1 aliphatic carbocycles. The quantitative estimate of drug-likeness (QED) is 0.684. The lowest BCUT2D eigenvalue weighted by Gasteiger charge is -2.24. The number of nitrogens with one attached hydrogen (secondary N) is 1. The van der Waals surface area contributed by atoms with E-state index in [0.29, 0.717) is 19.2 Å². The molecule has 0 heterocycles. The van der Waals surface area contributed by atoms with Gasteiger partial charge in [-0.3, -0.25) is 0 Å². The van der Waals surface area contributed by atoms with Crippen LogP contribution in [0.3, 0.4) is 0 Å². The van der Waals surface area contributed by atoms with Gasteiger partial charge in [-0.25, -0.2) is 0 Å². The predicted molar refractivity (Wildman–Crippen MR) is 66.5 cm³/mol. The van der Waals surface area contributed by atoms with Crippen molar-refractivity contribution in [2.75, 3.05) is 20.3 Å². The van der Waals surface area contributed by atoms with Crippen molar-refractivity contribution < 1.29 is 9.84 Å². The van der Waals surface area contributed by atoms with Gasteiger partial charge < -0.3 is 15.2 Å². The lowest BCUT2D eigenvalue weighted by molar-refractivity contribution is 0.0613. The fourth-order valence-corrected chi connectivity index (χ4v) is 2.55. The summed E-state index contributed by atoms with van der Waals surface area (Å²) in [5.41, 5.74) is 0. The van der Waals surface area contributed by atoms with Crippen molar-refractivity contribution in [2.45, 2.75) is 57.6 Å². The van der Waals surface area contributed by atoms with Crippen LogP contribution >= 0.6 is 0 Å². The van der Waals surface area contributed by atoms with Crippen LogP contribution in [0.1, 0.15) is 45.4 Å². The molecule has 3 heteroatoms. The molecule has 0 amide bonds. The molecule has 2 N–H and O–H groups in total. The first kappa shape index (κ1) is 13.9. The number of aliphatic hydroxyl groups is 1. The van der Waals surface area contributed by atoms with Gasteiger partial charge in [0, 0.05) is 19.7 Å². The Morgan fingerprint density at radius 3 is 2.44 bits per heavy atom. The second-order valence-corrected chi connectivity index (χ2v) is 5.06. The van der Waals surface area contributed by atoms with Gasteiger partial charge in [-0.05, 0) is 25.7 Å². The molecule has 0 aromatic carbocycles. The maximum Gasteiger partial charge on any atom is 0.0897 e. The summed E-state index contributed by atoms with van der Waals surface area (Å²) in [5, 5.41) is 13.0. The zero-order valence-electron chi connectivity index (χ0n) is 10.7. The maximum absolute atomic E-state index is 9.56. The Morgan fingerprint density at radius 1 is 1.25 bits per heavy atom. The summed E-state index contributed by atoms with van der Waals surface area (Å²) < 4.78 is 4.91. The van der Waals surface area contributed by atoms with E-state index >= 15 is 0 Å². The average molecular weight is 229 g/mol. The van der Waals surface area contributed by atoms with Gasteiger partial charge in [0.15, 0.2) is 0 Å². The topological polar surface area (TPSA) is 41.5 Å². The van der Waals surface area contributed by atoms with E-state index in [9.17, 15) is 5.11 Å². The van der Waals surface area contributed by atoms with Crippen molar-refractivity contribution in [3.05, 3.63) is 0 Å². The summed E-state index contributed by atoms with van der Waals surface area (Å²) in [7, 11) is 1.62. The van der Waals surface area contributed by atoms with E-state index < -0.39 is 0 Å². The zero-order valence-corrected chi connectivity index (χ0v) is 10.7. The Bertz CT molecular complexity index is 167. The highest BCUT2D eigenvalue weighted by Gasteiger charge is 2.19. The summed E-state index contributed by atoms with van der Waals surface area (Å²) >= 11 is 0. The molecule has 0 aromatic heterocycles. The van der Waals surface area contributed by atoms with E-state index in [1.54, 1.807) is 7.11 Å². The number of hydrogen-bond acceptors (Lipinski definition) is 3. The third-order valence-electron chi connectivity index (χ3n) is 3.64. The largest absolute Gasteiger partial charge is 0.389 e. The summed E-state index contributed by atoms with van der Waals surface area (Å²) in [6.07, 6.45) is 7.85. The first-order valence-corrected chi connectivity index (χ1v) is 6.64. The normalized spacial score (nSPS) is 22.7. The molecule has 0 aliphatic heterocycles. The Labute approximate surface area is 99.6 Å². The van der Waals surface area contributed by atoms with Crippen LogP contribution in [0.4, 0.5) is 0 Å². The van der Waals surface area contributed by atoms with Crippen LogP contribution in [-0.2, 0) is 4.74 Å². The summed E-state index contributed by atoms with van der Waals surface area (Å²) in [6, 6.07) is 0.518. The average Bonchev–Trinajstić information content (AvgIpc) is 2.55. The smallest absolute Gasteiger partial charge is 0.0897 e. The van der Waals surface area contributed by atoms with Crippen LogP contribution in [-0.4, -0.2) is 37.5 Å². The van der Waals surface area contributed by atoms with Gasteiger partial charge >= 0.3 is 0 Å². The van der Waals surface area contributed by atoms with E-state index in [1.165, 1.54) is 38.5 Å². The highest BCUT2D eigenvalue weighted by atomic mass is 16.5. The zero-order chi connectivity index (χ0) is 11.8. The van der Waals surface area contributed by atoms with Gasteiger partial charge in [0.2, 0.25) is 0 Å².